The summed E-state index contributed by atoms with van der Waals surface area (Å²) < 4.78 is 15.7. The molecule has 4 heteroatoms. The van der Waals surface area contributed by atoms with Crippen LogP contribution in [0.15, 0.2) is 23.1 Å². The monoisotopic (exact) mass is 238 g/mol. The van der Waals surface area contributed by atoms with E-state index in [9.17, 15) is 9.18 Å². The standard InChI is InChI=1S/C13H19FN2O/c1-10(2)16-5-4-11(6-12(16)17)7-13(14)8-15(3)9-13/h4-6,10H,7-9H2,1-3H3. The Labute approximate surface area is 101 Å². The Morgan fingerprint density at radius 2 is 2.12 bits per heavy atom. The van der Waals surface area contributed by atoms with Crippen molar-refractivity contribution < 1.29 is 4.39 Å². The highest BCUT2D eigenvalue weighted by Crippen LogP contribution is 2.27. The Morgan fingerprint density at radius 3 is 2.59 bits per heavy atom. The highest BCUT2D eigenvalue weighted by atomic mass is 19.1. The Balaban J connectivity index is 2.13. The van der Waals surface area contributed by atoms with Crippen molar-refractivity contribution in [1.82, 2.24) is 9.47 Å². The van der Waals surface area contributed by atoms with Crippen molar-refractivity contribution in [3.05, 3.63) is 34.2 Å². The first-order chi connectivity index (χ1) is 7.89. The van der Waals surface area contributed by atoms with Crippen molar-refractivity contribution in [3.63, 3.8) is 0 Å². The molecule has 1 aromatic rings. The highest BCUT2D eigenvalue weighted by molar-refractivity contribution is 5.16. The van der Waals surface area contributed by atoms with Gasteiger partial charge in [-0.05, 0) is 32.5 Å². The molecule has 17 heavy (non-hydrogen) atoms. The first kappa shape index (κ1) is 12.3. The van der Waals surface area contributed by atoms with E-state index in [4.69, 9.17) is 0 Å². The fraction of sp³-hybridized carbons (Fsp3) is 0.615. The summed E-state index contributed by atoms with van der Waals surface area (Å²) in [6.45, 7) is 4.83. The van der Waals surface area contributed by atoms with Gasteiger partial charge in [0, 0.05) is 37.8 Å². The van der Waals surface area contributed by atoms with Crippen molar-refractivity contribution in [2.24, 2.45) is 0 Å². The Hall–Kier alpha value is -1.16. The van der Waals surface area contributed by atoms with Crippen molar-refractivity contribution in [3.8, 4) is 0 Å². The Morgan fingerprint density at radius 1 is 1.47 bits per heavy atom. The quantitative estimate of drug-likeness (QED) is 0.799. The van der Waals surface area contributed by atoms with E-state index in [0.29, 0.717) is 19.5 Å². The molecule has 94 valence electrons. The largest absolute Gasteiger partial charge is 0.313 e. The van der Waals surface area contributed by atoms with Gasteiger partial charge in [-0.2, -0.15) is 0 Å². The number of pyridine rings is 1. The third-order valence-electron chi connectivity index (χ3n) is 3.20. The van der Waals surface area contributed by atoms with E-state index >= 15 is 0 Å². The first-order valence-corrected chi connectivity index (χ1v) is 5.98. The van der Waals surface area contributed by atoms with E-state index in [1.165, 1.54) is 0 Å². The summed E-state index contributed by atoms with van der Waals surface area (Å²) in [5.74, 6) is 0. The fourth-order valence-corrected chi connectivity index (χ4v) is 2.47. The predicted octanol–water partition coefficient (Wildman–Crippen LogP) is 1.63. The van der Waals surface area contributed by atoms with Crippen LogP contribution in [0.3, 0.4) is 0 Å². The molecule has 3 nitrogen and oxygen atoms in total. The zero-order valence-corrected chi connectivity index (χ0v) is 10.6. The lowest BCUT2D eigenvalue weighted by atomic mass is 9.90. The summed E-state index contributed by atoms with van der Waals surface area (Å²) in [5, 5.41) is 0. The van der Waals surface area contributed by atoms with Crippen LogP contribution < -0.4 is 5.56 Å². The number of halogens is 1. The number of alkyl halides is 1. The van der Waals surface area contributed by atoms with Crippen LogP contribution in [0.5, 0.6) is 0 Å². The van der Waals surface area contributed by atoms with Gasteiger partial charge in [0.05, 0.1) is 0 Å². The molecular weight excluding hydrogens is 219 g/mol. The molecule has 0 N–H and O–H groups in total. The number of rotatable bonds is 3. The van der Waals surface area contributed by atoms with Gasteiger partial charge in [-0.1, -0.05) is 0 Å². The lowest BCUT2D eigenvalue weighted by Crippen LogP contribution is -2.58. The topological polar surface area (TPSA) is 25.2 Å². The van der Waals surface area contributed by atoms with Crippen molar-refractivity contribution in [2.45, 2.75) is 32.0 Å². The van der Waals surface area contributed by atoms with Crippen LogP contribution in [0.4, 0.5) is 4.39 Å². The van der Waals surface area contributed by atoms with E-state index < -0.39 is 5.67 Å². The molecule has 2 rings (SSSR count). The molecule has 0 amide bonds. The summed E-state index contributed by atoms with van der Waals surface area (Å²) >= 11 is 0. The van der Waals surface area contributed by atoms with Crippen molar-refractivity contribution >= 4 is 0 Å². The van der Waals surface area contributed by atoms with Gasteiger partial charge in [0.2, 0.25) is 0 Å². The average molecular weight is 238 g/mol. The SMILES string of the molecule is CC(C)n1ccc(CC2(F)CN(C)C2)cc1=O. The summed E-state index contributed by atoms with van der Waals surface area (Å²) in [7, 11) is 1.90. The molecule has 0 aliphatic carbocycles. The van der Waals surface area contributed by atoms with Gasteiger partial charge in [0.15, 0.2) is 0 Å². The molecule has 1 aromatic heterocycles. The Bertz CT molecular complexity index is 461. The molecule has 0 atom stereocenters. The minimum absolute atomic E-state index is 0.0474. The van der Waals surface area contributed by atoms with E-state index in [0.717, 1.165) is 5.56 Å². The molecule has 2 heterocycles. The van der Waals surface area contributed by atoms with Crippen LogP contribution in [0.2, 0.25) is 0 Å². The van der Waals surface area contributed by atoms with Gasteiger partial charge in [-0.3, -0.25) is 9.69 Å². The number of aromatic nitrogens is 1. The van der Waals surface area contributed by atoms with Gasteiger partial charge >= 0.3 is 0 Å². The van der Waals surface area contributed by atoms with Crippen molar-refractivity contribution in [1.29, 1.82) is 0 Å². The molecule has 0 saturated carbocycles. The van der Waals surface area contributed by atoms with Crippen LogP contribution in [0.1, 0.15) is 25.5 Å². The van der Waals surface area contributed by atoms with Gasteiger partial charge < -0.3 is 4.57 Å². The first-order valence-electron chi connectivity index (χ1n) is 5.98. The van der Waals surface area contributed by atoms with E-state index in [2.05, 4.69) is 0 Å². The summed E-state index contributed by atoms with van der Waals surface area (Å²) in [5.41, 5.74) is -0.401. The lowest BCUT2D eigenvalue weighted by Gasteiger charge is -2.42. The van der Waals surface area contributed by atoms with Gasteiger partial charge in [-0.15, -0.1) is 0 Å². The number of hydrogen-bond donors (Lipinski definition) is 0. The maximum atomic E-state index is 14.1. The minimum Gasteiger partial charge on any atom is -0.313 e. The molecule has 0 radical (unpaired) electrons. The molecule has 0 unspecified atom stereocenters. The molecule has 1 fully saturated rings. The highest BCUT2D eigenvalue weighted by Gasteiger charge is 2.41. The molecule has 1 aliphatic rings. The third kappa shape index (κ3) is 2.57. The normalized spacial score (nSPS) is 19.4. The lowest BCUT2D eigenvalue weighted by molar-refractivity contribution is -0.0144. The second-order valence-corrected chi connectivity index (χ2v) is 5.37. The van der Waals surface area contributed by atoms with Gasteiger partial charge in [0.1, 0.15) is 5.67 Å². The van der Waals surface area contributed by atoms with Crippen LogP contribution in [0, 0.1) is 0 Å². The molecule has 1 aliphatic heterocycles. The van der Waals surface area contributed by atoms with Gasteiger partial charge in [0.25, 0.3) is 5.56 Å². The molecule has 0 bridgehead atoms. The summed E-state index contributed by atoms with van der Waals surface area (Å²) in [6, 6.07) is 3.55. The van der Waals surface area contributed by atoms with Crippen LogP contribution in [0.25, 0.3) is 0 Å². The number of hydrogen-bond acceptors (Lipinski definition) is 2. The Kier molecular flexibility index (Phi) is 3.08. The molecule has 0 spiro atoms. The van der Waals surface area contributed by atoms with Crippen LogP contribution >= 0.6 is 0 Å². The van der Waals surface area contributed by atoms with Gasteiger partial charge in [-0.25, -0.2) is 4.39 Å². The molecule has 1 saturated heterocycles. The van der Waals surface area contributed by atoms with Crippen LogP contribution in [-0.2, 0) is 6.42 Å². The maximum Gasteiger partial charge on any atom is 0.251 e. The number of likely N-dealkylation sites (tertiary alicyclic amines) is 1. The average Bonchev–Trinajstić information content (AvgIpc) is 2.14. The second kappa shape index (κ2) is 4.26. The summed E-state index contributed by atoms with van der Waals surface area (Å²) in [6.07, 6.45) is 2.10. The van der Waals surface area contributed by atoms with E-state index in [1.54, 1.807) is 16.8 Å². The molecule has 0 aromatic carbocycles. The smallest absolute Gasteiger partial charge is 0.251 e. The van der Waals surface area contributed by atoms with E-state index in [1.807, 2.05) is 31.9 Å². The number of nitrogens with zero attached hydrogens (tertiary/aromatic N) is 2. The predicted molar refractivity (Wildman–Crippen MR) is 66.1 cm³/mol. The fourth-order valence-electron chi connectivity index (χ4n) is 2.47. The summed E-state index contributed by atoms with van der Waals surface area (Å²) in [4.78, 5) is 13.7. The van der Waals surface area contributed by atoms with E-state index in [-0.39, 0.29) is 11.6 Å². The molecular formula is C13H19FN2O. The second-order valence-electron chi connectivity index (χ2n) is 5.37. The minimum atomic E-state index is -1.15. The third-order valence-corrected chi connectivity index (χ3v) is 3.20. The van der Waals surface area contributed by atoms with Crippen molar-refractivity contribution in [2.75, 3.05) is 20.1 Å². The van der Waals surface area contributed by atoms with Crippen LogP contribution in [-0.4, -0.2) is 35.3 Å². The maximum absolute atomic E-state index is 14.1. The zero-order valence-electron chi connectivity index (χ0n) is 10.6. The zero-order chi connectivity index (χ0) is 12.6.